The third-order valence-corrected chi connectivity index (χ3v) is 4.45. The summed E-state index contributed by atoms with van der Waals surface area (Å²) in [5.41, 5.74) is 1.76. The zero-order chi connectivity index (χ0) is 19.6. The number of hydrogen-bond acceptors (Lipinski definition) is 7. The molecule has 3 N–H and O–H groups in total. The summed E-state index contributed by atoms with van der Waals surface area (Å²) in [6.07, 6.45) is 3.16. The van der Waals surface area contributed by atoms with E-state index in [9.17, 15) is 9.90 Å². The zero-order valence-corrected chi connectivity index (χ0v) is 15.5. The Kier molecular flexibility index (Phi) is 8.63. The molecular weight excluding hydrogens is 350 g/mol. The average Bonchev–Trinajstić information content (AvgIpc) is 2.68. The second-order valence-corrected chi connectivity index (χ2v) is 6.49. The van der Waals surface area contributed by atoms with Crippen molar-refractivity contribution in [1.82, 2.24) is 5.39 Å². The first kappa shape index (κ1) is 21.3. The second kappa shape index (κ2) is 11.0. The van der Waals surface area contributed by atoms with E-state index in [0.29, 0.717) is 13.0 Å². The lowest BCUT2D eigenvalue weighted by Gasteiger charge is -2.13. The molecule has 0 saturated carbocycles. The van der Waals surface area contributed by atoms with E-state index in [0.717, 1.165) is 41.2 Å². The Balaban J connectivity index is 1.75. The van der Waals surface area contributed by atoms with E-state index < -0.39 is 0 Å². The van der Waals surface area contributed by atoms with E-state index in [2.05, 4.69) is 4.84 Å². The summed E-state index contributed by atoms with van der Waals surface area (Å²) < 4.78 is 5.36. The number of fused-ring (bicyclic) bond motifs is 1. The molecule has 0 fully saturated rings. The van der Waals surface area contributed by atoms with Crippen LogP contribution in [0.1, 0.15) is 49.7 Å². The quantitative estimate of drug-likeness (QED) is 0.313. The Labute approximate surface area is 158 Å². The molecule has 0 heterocycles. The van der Waals surface area contributed by atoms with Crippen LogP contribution >= 0.6 is 0 Å². The number of aliphatic hydroxyl groups is 1. The van der Waals surface area contributed by atoms with Crippen molar-refractivity contribution in [2.75, 3.05) is 13.2 Å². The monoisotopic (exact) mass is 377 g/mol. The van der Waals surface area contributed by atoms with Crippen molar-refractivity contribution < 1.29 is 29.9 Å². The minimum atomic E-state index is -0.347. The summed E-state index contributed by atoms with van der Waals surface area (Å²) in [5, 5.41) is 27.7. The van der Waals surface area contributed by atoms with Crippen molar-refractivity contribution in [2.24, 2.45) is 0 Å². The number of ether oxygens (including phenoxy) is 1. The van der Waals surface area contributed by atoms with Crippen LogP contribution in [0.2, 0.25) is 0 Å². The lowest BCUT2D eigenvalue weighted by atomic mass is 9.97. The molecule has 2 aromatic rings. The molecule has 27 heavy (non-hydrogen) atoms. The third kappa shape index (κ3) is 6.89. The van der Waals surface area contributed by atoms with E-state index in [1.54, 1.807) is 0 Å². The molecule has 148 valence electrons. The van der Waals surface area contributed by atoms with Crippen molar-refractivity contribution in [3.8, 4) is 0 Å². The molecule has 0 aliphatic carbocycles. The number of aliphatic hydroxyl groups excluding tert-OH is 1. The van der Waals surface area contributed by atoms with Gasteiger partial charge >= 0.3 is 5.97 Å². The number of rotatable bonds is 11. The highest BCUT2D eigenvalue weighted by atomic mass is 17.1. The Bertz CT molecular complexity index is 733. The minimum absolute atomic E-state index is 0.00869. The summed E-state index contributed by atoms with van der Waals surface area (Å²) in [7, 11) is 0. The number of unbranched alkanes of at least 4 members (excludes halogenated alkanes) is 3. The number of carbonyl (C=O) groups excluding carboxylic acids is 1. The SMILES string of the molecule is CC(C(=O)OCCCCCCON(O)O)c1ccc2cc(CO)ccc2c1. The molecule has 1 unspecified atom stereocenters. The van der Waals surface area contributed by atoms with Crippen LogP contribution in [0.5, 0.6) is 0 Å². The largest absolute Gasteiger partial charge is 0.465 e. The van der Waals surface area contributed by atoms with Crippen LogP contribution in [-0.4, -0.2) is 40.1 Å². The summed E-state index contributed by atoms with van der Waals surface area (Å²) in [6.45, 7) is 2.43. The van der Waals surface area contributed by atoms with Gasteiger partial charge in [0.1, 0.15) is 0 Å². The van der Waals surface area contributed by atoms with Gasteiger partial charge in [0.2, 0.25) is 0 Å². The van der Waals surface area contributed by atoms with Crippen molar-refractivity contribution >= 4 is 16.7 Å². The molecule has 2 aromatic carbocycles. The first-order chi connectivity index (χ1) is 13.0. The fourth-order valence-electron chi connectivity index (χ4n) is 2.82. The lowest BCUT2D eigenvalue weighted by Crippen LogP contribution is -2.15. The van der Waals surface area contributed by atoms with Crippen molar-refractivity contribution in [3.05, 3.63) is 47.5 Å². The average molecular weight is 377 g/mol. The van der Waals surface area contributed by atoms with Gasteiger partial charge in [0.25, 0.3) is 0 Å². The smallest absolute Gasteiger partial charge is 0.313 e. The highest BCUT2D eigenvalue weighted by Gasteiger charge is 2.17. The zero-order valence-electron chi connectivity index (χ0n) is 15.5. The van der Waals surface area contributed by atoms with Gasteiger partial charge < -0.3 is 9.84 Å². The summed E-state index contributed by atoms with van der Waals surface area (Å²) >= 11 is 0. The van der Waals surface area contributed by atoms with Crippen LogP contribution in [0.3, 0.4) is 0 Å². The van der Waals surface area contributed by atoms with Gasteiger partial charge in [-0.1, -0.05) is 36.8 Å². The summed E-state index contributed by atoms with van der Waals surface area (Å²) in [4.78, 5) is 16.7. The van der Waals surface area contributed by atoms with Crippen molar-refractivity contribution in [2.45, 2.75) is 45.1 Å². The van der Waals surface area contributed by atoms with Crippen LogP contribution in [0, 0.1) is 0 Å². The van der Waals surface area contributed by atoms with E-state index in [-0.39, 0.29) is 30.5 Å². The molecule has 0 amide bonds. The van der Waals surface area contributed by atoms with Gasteiger partial charge in [0, 0.05) is 0 Å². The van der Waals surface area contributed by atoms with Crippen LogP contribution in [0.4, 0.5) is 0 Å². The first-order valence-corrected chi connectivity index (χ1v) is 9.12. The van der Waals surface area contributed by atoms with Gasteiger partial charge in [0.15, 0.2) is 0 Å². The Morgan fingerprint density at radius 2 is 1.67 bits per heavy atom. The number of nitrogens with zero attached hydrogens (tertiary/aromatic N) is 1. The maximum Gasteiger partial charge on any atom is 0.313 e. The maximum absolute atomic E-state index is 12.3. The summed E-state index contributed by atoms with van der Waals surface area (Å²) in [5.74, 6) is -0.596. The first-order valence-electron chi connectivity index (χ1n) is 9.12. The summed E-state index contributed by atoms with van der Waals surface area (Å²) in [6, 6.07) is 11.6. The molecule has 0 saturated heterocycles. The number of esters is 1. The second-order valence-electron chi connectivity index (χ2n) is 6.49. The lowest BCUT2D eigenvalue weighted by molar-refractivity contribution is -0.492. The molecule has 0 aromatic heterocycles. The molecule has 0 aliphatic rings. The molecule has 0 spiro atoms. The van der Waals surface area contributed by atoms with Crippen molar-refractivity contribution in [1.29, 1.82) is 0 Å². The van der Waals surface area contributed by atoms with Crippen LogP contribution in [0.25, 0.3) is 10.8 Å². The molecule has 0 bridgehead atoms. The normalized spacial score (nSPS) is 12.5. The fourth-order valence-corrected chi connectivity index (χ4v) is 2.82. The Hall–Kier alpha value is -2.03. The molecule has 0 aliphatic heterocycles. The predicted octanol–water partition coefficient (Wildman–Crippen LogP) is 3.55. The van der Waals surface area contributed by atoms with E-state index in [1.807, 2.05) is 43.3 Å². The van der Waals surface area contributed by atoms with Gasteiger partial charge in [-0.2, -0.15) is 0 Å². The van der Waals surface area contributed by atoms with Crippen LogP contribution < -0.4 is 0 Å². The predicted molar refractivity (Wildman–Crippen MR) is 99.1 cm³/mol. The molecule has 7 heteroatoms. The van der Waals surface area contributed by atoms with Gasteiger partial charge in [-0.15, -0.1) is 0 Å². The maximum atomic E-state index is 12.3. The topological polar surface area (TPSA) is 99.5 Å². The number of hydrogen-bond donors (Lipinski definition) is 3. The van der Waals surface area contributed by atoms with Gasteiger partial charge in [-0.3, -0.25) is 20.0 Å². The minimum Gasteiger partial charge on any atom is -0.465 e. The van der Waals surface area contributed by atoms with Crippen molar-refractivity contribution in [3.63, 3.8) is 0 Å². The molecule has 2 rings (SSSR count). The third-order valence-electron chi connectivity index (χ3n) is 4.45. The van der Waals surface area contributed by atoms with Gasteiger partial charge in [0.05, 0.1) is 31.1 Å². The highest BCUT2D eigenvalue weighted by Crippen LogP contribution is 2.24. The van der Waals surface area contributed by atoms with Gasteiger partial charge in [-0.05, 0) is 54.2 Å². The molecule has 1 atom stereocenters. The fraction of sp³-hybridized carbons (Fsp3) is 0.450. The molecular formula is C20H27NO6. The highest BCUT2D eigenvalue weighted by molar-refractivity contribution is 5.86. The number of carbonyl (C=O) groups is 1. The van der Waals surface area contributed by atoms with Gasteiger partial charge in [-0.25, -0.2) is 0 Å². The van der Waals surface area contributed by atoms with E-state index >= 15 is 0 Å². The molecule has 0 radical (unpaired) electrons. The van der Waals surface area contributed by atoms with E-state index in [4.69, 9.17) is 15.2 Å². The Morgan fingerprint density at radius 1 is 1.00 bits per heavy atom. The number of benzene rings is 2. The molecule has 7 nitrogen and oxygen atoms in total. The van der Waals surface area contributed by atoms with E-state index in [1.165, 1.54) is 0 Å². The Morgan fingerprint density at radius 3 is 2.37 bits per heavy atom. The van der Waals surface area contributed by atoms with Crippen LogP contribution in [-0.2, 0) is 21.0 Å². The standard InChI is InChI=1S/C20H27NO6/c1-15(20(23)26-10-4-2-3-5-11-27-21(24)25)17-8-9-18-12-16(14-22)6-7-19(18)13-17/h6-9,12-13,15,22,24-25H,2-5,10-11,14H2,1H3. The van der Waals surface area contributed by atoms with Crippen LogP contribution in [0.15, 0.2) is 36.4 Å².